The molecule has 1 aliphatic heterocycles. The zero-order valence-corrected chi connectivity index (χ0v) is 11.5. The molecule has 5 heteroatoms. The van der Waals surface area contributed by atoms with Crippen molar-refractivity contribution in [3.63, 3.8) is 0 Å². The molecule has 0 radical (unpaired) electrons. The molecule has 98 valence electrons. The number of benzene rings is 1. The van der Waals surface area contributed by atoms with Crippen LogP contribution in [0, 0.1) is 16.9 Å². The zero-order valence-electron chi connectivity index (χ0n) is 10.6. The van der Waals surface area contributed by atoms with Crippen LogP contribution in [-0.4, -0.2) is 16.8 Å². The van der Waals surface area contributed by atoms with Crippen molar-refractivity contribution >= 4 is 17.7 Å². The summed E-state index contributed by atoms with van der Waals surface area (Å²) >= 11 is 1.83. The lowest BCUT2D eigenvalue weighted by Gasteiger charge is -2.34. The van der Waals surface area contributed by atoms with E-state index in [4.69, 9.17) is 15.0 Å². The predicted octanol–water partition coefficient (Wildman–Crippen LogP) is 3.53. The van der Waals surface area contributed by atoms with E-state index in [1.807, 2.05) is 24.8 Å². The molecule has 0 aliphatic carbocycles. The van der Waals surface area contributed by atoms with Crippen LogP contribution >= 0.6 is 11.8 Å². The maximum absolute atomic E-state index is 11.1. The third kappa shape index (κ3) is 2.56. The van der Waals surface area contributed by atoms with Crippen LogP contribution < -0.4 is 0 Å². The largest absolute Gasteiger partial charge is 0.478 e. The van der Waals surface area contributed by atoms with Gasteiger partial charge in [-0.1, -0.05) is 13.8 Å². The van der Waals surface area contributed by atoms with E-state index in [9.17, 15) is 4.79 Å². The van der Waals surface area contributed by atoms with Gasteiger partial charge < -0.3 is 5.11 Å². The van der Waals surface area contributed by atoms with Crippen LogP contribution in [0.25, 0.3) is 0 Å². The molecule has 1 aliphatic rings. The summed E-state index contributed by atoms with van der Waals surface area (Å²) in [6.45, 7) is 6.32. The lowest BCUT2D eigenvalue weighted by Crippen LogP contribution is -2.25. The molecule has 1 heterocycles. The standard InChI is InChI=1S/C13H16O2S.O2/c1-8-9(12(14)15)4-5-10-11(8)13(2,3)6-7-16-10;1-2/h4-5H,6-7H2,1-3H3,(H,14,15);. The molecule has 2 rings (SSSR count). The number of hydrogen-bond donors (Lipinski definition) is 1. The highest BCUT2D eigenvalue weighted by molar-refractivity contribution is 7.99. The van der Waals surface area contributed by atoms with E-state index < -0.39 is 5.97 Å². The maximum atomic E-state index is 11.1. The highest BCUT2D eigenvalue weighted by atomic mass is 32.2. The van der Waals surface area contributed by atoms with Crippen molar-refractivity contribution in [1.29, 1.82) is 0 Å². The minimum atomic E-state index is -0.827. The number of carbonyl (C=O) groups is 1. The van der Waals surface area contributed by atoms with Gasteiger partial charge in [-0.3, -0.25) is 0 Å². The van der Waals surface area contributed by atoms with Gasteiger partial charge in [-0.15, -0.1) is 11.8 Å². The molecular weight excluding hydrogens is 252 g/mol. The van der Waals surface area contributed by atoms with Gasteiger partial charge in [-0.2, -0.15) is 0 Å². The first-order valence-electron chi connectivity index (χ1n) is 5.60. The Morgan fingerprint density at radius 2 is 1.94 bits per heavy atom. The first-order chi connectivity index (χ1) is 8.43. The van der Waals surface area contributed by atoms with E-state index in [0.29, 0.717) is 5.56 Å². The second-order valence-corrected chi connectivity index (χ2v) is 6.04. The summed E-state index contributed by atoms with van der Waals surface area (Å²) in [5, 5.41) is 9.13. The van der Waals surface area contributed by atoms with Crippen molar-refractivity contribution in [3.05, 3.63) is 38.8 Å². The van der Waals surface area contributed by atoms with Crippen LogP contribution in [0.4, 0.5) is 0 Å². The van der Waals surface area contributed by atoms with Crippen molar-refractivity contribution in [1.82, 2.24) is 0 Å². The van der Waals surface area contributed by atoms with Gasteiger partial charge in [0, 0.05) is 14.8 Å². The molecule has 0 bridgehead atoms. The molecule has 1 N–H and O–H groups in total. The molecular formula is C13H16O4S. The summed E-state index contributed by atoms with van der Waals surface area (Å²) in [5.74, 6) is 0.290. The van der Waals surface area contributed by atoms with E-state index in [1.165, 1.54) is 10.5 Å². The van der Waals surface area contributed by atoms with Crippen LogP contribution in [0.1, 0.15) is 41.8 Å². The Kier molecular flexibility index (Phi) is 4.51. The van der Waals surface area contributed by atoms with E-state index >= 15 is 0 Å². The second-order valence-electron chi connectivity index (χ2n) is 4.90. The van der Waals surface area contributed by atoms with Crippen molar-refractivity contribution in [3.8, 4) is 0 Å². The second kappa shape index (κ2) is 5.52. The van der Waals surface area contributed by atoms with Crippen molar-refractivity contribution in [2.75, 3.05) is 5.75 Å². The smallest absolute Gasteiger partial charge is 0.335 e. The van der Waals surface area contributed by atoms with Gasteiger partial charge in [0.1, 0.15) is 0 Å². The zero-order chi connectivity index (χ0) is 13.9. The minimum absolute atomic E-state index is 0.0934. The quantitative estimate of drug-likeness (QED) is 0.843. The van der Waals surface area contributed by atoms with Crippen LogP contribution in [0.3, 0.4) is 0 Å². The Morgan fingerprint density at radius 1 is 1.33 bits per heavy atom. The summed E-state index contributed by atoms with van der Waals surface area (Å²) in [6, 6.07) is 3.68. The SMILES string of the molecule is Cc1c(C(=O)O)ccc2c1C(C)(C)CCS2.O=O. The molecule has 0 saturated carbocycles. The van der Waals surface area contributed by atoms with Gasteiger partial charge in [-0.05, 0) is 47.8 Å². The van der Waals surface area contributed by atoms with E-state index in [1.54, 1.807) is 6.07 Å². The predicted molar refractivity (Wildman–Crippen MR) is 73.2 cm³/mol. The third-order valence-electron chi connectivity index (χ3n) is 3.32. The fourth-order valence-corrected chi connectivity index (χ4v) is 3.99. The maximum Gasteiger partial charge on any atom is 0.335 e. The first-order valence-corrected chi connectivity index (χ1v) is 6.59. The molecule has 0 atom stereocenters. The first kappa shape index (κ1) is 14.7. The Bertz CT molecular complexity index is 468. The normalized spacial score (nSPS) is 16.2. The van der Waals surface area contributed by atoms with Crippen molar-refractivity contribution in [2.45, 2.75) is 37.5 Å². The molecule has 4 nitrogen and oxygen atoms in total. The van der Waals surface area contributed by atoms with Crippen molar-refractivity contribution in [2.24, 2.45) is 0 Å². The van der Waals surface area contributed by atoms with Gasteiger partial charge in [0.25, 0.3) is 0 Å². The number of hydrogen-bond acceptors (Lipinski definition) is 4. The Labute approximate surface area is 110 Å². The van der Waals surface area contributed by atoms with Gasteiger partial charge in [0.2, 0.25) is 0 Å². The highest BCUT2D eigenvalue weighted by Crippen LogP contribution is 2.43. The molecule has 18 heavy (non-hydrogen) atoms. The molecule has 0 amide bonds. The fourth-order valence-electron chi connectivity index (χ4n) is 2.42. The molecule has 0 saturated heterocycles. The average Bonchev–Trinajstić information content (AvgIpc) is 2.30. The Balaban J connectivity index is 0.000000771. The summed E-state index contributed by atoms with van der Waals surface area (Å²) in [5.41, 5.74) is 2.69. The molecule has 1 aromatic rings. The summed E-state index contributed by atoms with van der Waals surface area (Å²) < 4.78 is 0. The van der Waals surface area contributed by atoms with Crippen LogP contribution in [0.2, 0.25) is 0 Å². The average molecular weight is 268 g/mol. The monoisotopic (exact) mass is 268 g/mol. The van der Waals surface area contributed by atoms with E-state index in [-0.39, 0.29) is 5.41 Å². The topological polar surface area (TPSA) is 71.4 Å². The van der Waals surface area contributed by atoms with E-state index in [0.717, 1.165) is 17.7 Å². The Hall–Kier alpha value is -1.36. The lowest BCUT2D eigenvalue weighted by atomic mass is 9.78. The molecule has 1 aromatic carbocycles. The molecule has 0 unspecified atom stereocenters. The van der Waals surface area contributed by atoms with Gasteiger partial charge in [0.15, 0.2) is 0 Å². The number of aromatic carboxylic acids is 1. The third-order valence-corrected chi connectivity index (χ3v) is 4.38. The summed E-state index contributed by atoms with van der Waals surface area (Å²) in [7, 11) is 0. The Morgan fingerprint density at radius 3 is 2.50 bits per heavy atom. The van der Waals surface area contributed by atoms with Crippen LogP contribution in [-0.2, 0) is 5.41 Å². The molecule has 0 fully saturated rings. The molecule has 0 spiro atoms. The number of carboxylic acid groups (broad SMARTS) is 1. The number of fused-ring (bicyclic) bond motifs is 1. The number of carboxylic acids is 1. The number of rotatable bonds is 1. The lowest BCUT2D eigenvalue weighted by molar-refractivity contribution is 0.0696. The number of thioether (sulfide) groups is 1. The van der Waals surface area contributed by atoms with Crippen LogP contribution in [0.15, 0.2) is 17.0 Å². The highest BCUT2D eigenvalue weighted by Gasteiger charge is 2.31. The summed E-state index contributed by atoms with van der Waals surface area (Å²) in [6.07, 6.45) is 1.11. The van der Waals surface area contributed by atoms with Gasteiger partial charge in [0.05, 0.1) is 5.56 Å². The van der Waals surface area contributed by atoms with E-state index in [2.05, 4.69) is 13.8 Å². The van der Waals surface area contributed by atoms with Gasteiger partial charge >= 0.3 is 5.97 Å². The molecule has 0 aromatic heterocycles. The summed E-state index contributed by atoms with van der Waals surface area (Å²) in [4.78, 5) is 26.4. The van der Waals surface area contributed by atoms with Crippen LogP contribution in [0.5, 0.6) is 0 Å². The minimum Gasteiger partial charge on any atom is -0.478 e. The fraction of sp³-hybridized carbons (Fsp3) is 0.462. The van der Waals surface area contributed by atoms with Gasteiger partial charge in [-0.25, -0.2) is 4.79 Å². The van der Waals surface area contributed by atoms with Crippen molar-refractivity contribution < 1.29 is 9.90 Å².